The van der Waals surface area contributed by atoms with E-state index >= 15 is 0 Å². The molecule has 1 N–H and O–H groups in total. The van der Waals surface area contributed by atoms with Gasteiger partial charge in [-0.25, -0.2) is 4.98 Å². The first-order valence-electron chi connectivity index (χ1n) is 6.27. The van der Waals surface area contributed by atoms with Crippen molar-refractivity contribution in [2.45, 2.75) is 19.5 Å². The van der Waals surface area contributed by atoms with Crippen molar-refractivity contribution in [2.75, 3.05) is 18.5 Å². The number of pyridine rings is 1. The Balaban J connectivity index is 1.81. The number of aromatic nitrogens is 1. The molecule has 3 heterocycles. The van der Waals surface area contributed by atoms with Gasteiger partial charge in [0.2, 0.25) is 0 Å². The Morgan fingerprint density at radius 2 is 2.33 bits per heavy atom. The molecule has 0 unspecified atom stereocenters. The summed E-state index contributed by atoms with van der Waals surface area (Å²) in [6.45, 7) is 2.89. The molecule has 0 aliphatic carbocycles. The van der Waals surface area contributed by atoms with E-state index in [0.29, 0.717) is 0 Å². The van der Waals surface area contributed by atoms with Gasteiger partial charge in [-0.15, -0.1) is 11.3 Å². The van der Waals surface area contributed by atoms with E-state index in [4.69, 9.17) is 4.98 Å². The molecule has 18 heavy (non-hydrogen) atoms. The van der Waals surface area contributed by atoms with Gasteiger partial charge in [-0.3, -0.25) is 0 Å². The topological polar surface area (TPSA) is 28.2 Å². The lowest BCUT2D eigenvalue weighted by Crippen LogP contribution is -2.30. The molecule has 0 saturated heterocycles. The van der Waals surface area contributed by atoms with E-state index in [1.165, 1.54) is 10.4 Å². The average molecular weight is 259 g/mol. The molecule has 0 spiro atoms. The molecule has 0 saturated carbocycles. The number of rotatable bonds is 3. The second-order valence-corrected chi connectivity index (χ2v) is 5.56. The number of hydrogen-bond donors (Lipinski definition) is 1. The predicted molar refractivity (Wildman–Crippen MR) is 76.1 cm³/mol. The molecule has 2 aromatic rings. The highest BCUT2D eigenvalue weighted by atomic mass is 32.1. The van der Waals surface area contributed by atoms with Crippen LogP contribution < -0.4 is 10.2 Å². The van der Waals surface area contributed by atoms with E-state index in [-0.39, 0.29) is 0 Å². The molecule has 0 atom stereocenters. The fourth-order valence-electron chi connectivity index (χ4n) is 2.37. The minimum atomic E-state index is 0.825. The first kappa shape index (κ1) is 11.7. The molecule has 1 aliphatic heterocycles. The number of hydrogen-bond acceptors (Lipinski definition) is 4. The van der Waals surface area contributed by atoms with Gasteiger partial charge in [0.25, 0.3) is 0 Å². The summed E-state index contributed by atoms with van der Waals surface area (Å²) < 4.78 is 0. The molecule has 0 aromatic carbocycles. The zero-order chi connectivity index (χ0) is 12.4. The van der Waals surface area contributed by atoms with Crippen LogP contribution in [0, 0.1) is 0 Å². The largest absolute Gasteiger partial charge is 0.352 e. The summed E-state index contributed by atoms with van der Waals surface area (Å²) >= 11 is 1.88. The van der Waals surface area contributed by atoms with Crippen molar-refractivity contribution in [2.24, 2.45) is 0 Å². The molecule has 0 bridgehead atoms. The quantitative estimate of drug-likeness (QED) is 0.917. The van der Waals surface area contributed by atoms with Crippen molar-refractivity contribution in [1.29, 1.82) is 0 Å². The van der Waals surface area contributed by atoms with Gasteiger partial charge in [-0.2, -0.15) is 0 Å². The maximum Gasteiger partial charge on any atom is 0.129 e. The lowest BCUT2D eigenvalue weighted by atomic mass is 10.1. The fourth-order valence-corrected chi connectivity index (χ4v) is 3.26. The highest BCUT2D eigenvalue weighted by molar-refractivity contribution is 7.10. The molecule has 94 valence electrons. The Labute approximate surface area is 111 Å². The first-order valence-corrected chi connectivity index (χ1v) is 7.15. The third kappa shape index (κ3) is 2.26. The Morgan fingerprint density at radius 3 is 3.22 bits per heavy atom. The summed E-state index contributed by atoms with van der Waals surface area (Å²) in [6.07, 6.45) is 1.14. The molecule has 3 rings (SSSR count). The molecular formula is C14H17N3S. The number of anilines is 1. The molecule has 0 amide bonds. The predicted octanol–water partition coefficient (Wildman–Crippen LogP) is 2.43. The van der Waals surface area contributed by atoms with Crippen LogP contribution in [0.25, 0.3) is 0 Å². The van der Waals surface area contributed by atoms with Crippen LogP contribution in [0.3, 0.4) is 0 Å². The van der Waals surface area contributed by atoms with E-state index in [1.54, 1.807) is 0 Å². The molecule has 2 aromatic heterocycles. The van der Waals surface area contributed by atoms with Crippen LogP contribution in [0.15, 0.2) is 29.6 Å². The zero-order valence-electron chi connectivity index (χ0n) is 10.5. The van der Waals surface area contributed by atoms with Crippen LogP contribution in [0.4, 0.5) is 5.82 Å². The minimum Gasteiger partial charge on any atom is -0.352 e. The van der Waals surface area contributed by atoms with Gasteiger partial charge in [0.15, 0.2) is 0 Å². The first-order chi connectivity index (χ1) is 8.86. The molecular weight excluding hydrogens is 242 g/mol. The summed E-state index contributed by atoms with van der Waals surface area (Å²) in [7, 11) is 1.95. The van der Waals surface area contributed by atoms with Crippen LogP contribution in [0.1, 0.15) is 16.1 Å². The number of nitrogens with zero attached hydrogens (tertiary/aromatic N) is 2. The SMILES string of the molecule is CNCc1cccc(N2CCc3sccc3C2)n1. The maximum absolute atomic E-state index is 4.71. The third-order valence-electron chi connectivity index (χ3n) is 3.28. The number of fused-ring (bicyclic) bond motifs is 1. The Bertz CT molecular complexity index is 535. The van der Waals surface area contributed by atoms with Crippen molar-refractivity contribution in [3.8, 4) is 0 Å². The summed E-state index contributed by atoms with van der Waals surface area (Å²) in [6, 6.07) is 8.51. The highest BCUT2D eigenvalue weighted by Gasteiger charge is 2.18. The van der Waals surface area contributed by atoms with Crippen LogP contribution >= 0.6 is 11.3 Å². The molecule has 0 radical (unpaired) electrons. The Hall–Kier alpha value is -1.39. The van der Waals surface area contributed by atoms with Crippen molar-refractivity contribution in [3.05, 3.63) is 45.8 Å². The van der Waals surface area contributed by atoms with Gasteiger partial charge in [0, 0.05) is 24.5 Å². The van der Waals surface area contributed by atoms with E-state index in [9.17, 15) is 0 Å². The van der Waals surface area contributed by atoms with Gasteiger partial charge in [0.05, 0.1) is 5.69 Å². The van der Waals surface area contributed by atoms with E-state index in [2.05, 4.69) is 39.9 Å². The average Bonchev–Trinajstić information content (AvgIpc) is 2.86. The van der Waals surface area contributed by atoms with Crippen molar-refractivity contribution in [1.82, 2.24) is 10.3 Å². The Kier molecular flexibility index (Phi) is 3.30. The van der Waals surface area contributed by atoms with Gasteiger partial charge in [-0.1, -0.05) is 6.07 Å². The molecule has 4 heteroatoms. The van der Waals surface area contributed by atoms with Crippen molar-refractivity contribution >= 4 is 17.2 Å². The van der Waals surface area contributed by atoms with Crippen molar-refractivity contribution < 1.29 is 0 Å². The Morgan fingerprint density at radius 1 is 1.39 bits per heavy atom. The van der Waals surface area contributed by atoms with Gasteiger partial charge < -0.3 is 10.2 Å². The minimum absolute atomic E-state index is 0.825. The number of thiophene rings is 1. The maximum atomic E-state index is 4.71. The lowest BCUT2D eigenvalue weighted by Gasteiger charge is -2.28. The van der Waals surface area contributed by atoms with Crippen LogP contribution in [0.5, 0.6) is 0 Å². The monoisotopic (exact) mass is 259 g/mol. The molecule has 3 nitrogen and oxygen atoms in total. The second kappa shape index (κ2) is 5.08. The summed E-state index contributed by atoms with van der Waals surface area (Å²) in [5, 5.41) is 5.34. The standard InChI is InChI=1S/C14H17N3S/c1-15-9-12-3-2-4-14(16-12)17-7-5-13-11(10-17)6-8-18-13/h2-4,6,8,15H,5,7,9-10H2,1H3. The number of nitrogens with one attached hydrogen (secondary N) is 1. The summed E-state index contributed by atoms with van der Waals surface area (Å²) in [5.74, 6) is 1.10. The smallest absolute Gasteiger partial charge is 0.129 e. The molecule has 0 fully saturated rings. The van der Waals surface area contributed by atoms with E-state index in [0.717, 1.165) is 37.6 Å². The highest BCUT2D eigenvalue weighted by Crippen LogP contribution is 2.26. The van der Waals surface area contributed by atoms with Gasteiger partial charge in [0.1, 0.15) is 5.82 Å². The fraction of sp³-hybridized carbons (Fsp3) is 0.357. The molecule has 1 aliphatic rings. The van der Waals surface area contributed by atoms with Crippen molar-refractivity contribution in [3.63, 3.8) is 0 Å². The normalized spacial score (nSPS) is 14.6. The van der Waals surface area contributed by atoms with E-state index < -0.39 is 0 Å². The van der Waals surface area contributed by atoms with Crippen LogP contribution in [-0.2, 0) is 19.5 Å². The van der Waals surface area contributed by atoms with E-state index in [1.807, 2.05) is 18.4 Å². The lowest BCUT2D eigenvalue weighted by molar-refractivity contribution is 0.721. The third-order valence-corrected chi connectivity index (χ3v) is 4.30. The van der Waals surface area contributed by atoms with Crippen LogP contribution in [-0.4, -0.2) is 18.6 Å². The van der Waals surface area contributed by atoms with Gasteiger partial charge >= 0.3 is 0 Å². The summed E-state index contributed by atoms with van der Waals surface area (Å²) in [4.78, 5) is 8.62. The van der Waals surface area contributed by atoms with Gasteiger partial charge in [-0.05, 0) is 42.6 Å². The summed E-state index contributed by atoms with van der Waals surface area (Å²) in [5.41, 5.74) is 2.57. The second-order valence-electron chi connectivity index (χ2n) is 4.56. The zero-order valence-corrected chi connectivity index (χ0v) is 11.3. The van der Waals surface area contributed by atoms with Crippen LogP contribution in [0.2, 0.25) is 0 Å².